The zero-order valence-corrected chi connectivity index (χ0v) is 19.3. The van der Waals surface area contributed by atoms with E-state index < -0.39 is 0 Å². The van der Waals surface area contributed by atoms with Gasteiger partial charge in [-0.3, -0.25) is 9.78 Å². The molecule has 0 aliphatic carbocycles. The van der Waals surface area contributed by atoms with Gasteiger partial charge in [-0.05, 0) is 47.0 Å². The summed E-state index contributed by atoms with van der Waals surface area (Å²) in [5, 5.41) is 4.09. The molecule has 1 N–H and O–H groups in total. The van der Waals surface area contributed by atoms with Gasteiger partial charge in [-0.2, -0.15) is 0 Å². The van der Waals surface area contributed by atoms with E-state index in [1.165, 1.54) is 17.7 Å². The normalized spacial score (nSPS) is 11.9. The summed E-state index contributed by atoms with van der Waals surface area (Å²) in [5.41, 5.74) is 5.07. The van der Waals surface area contributed by atoms with Gasteiger partial charge in [0.1, 0.15) is 5.82 Å². The summed E-state index contributed by atoms with van der Waals surface area (Å²) in [5.74, 6) is -0.593. The van der Waals surface area contributed by atoms with Crippen molar-refractivity contribution in [2.24, 2.45) is 0 Å². The second kappa shape index (κ2) is 10.3. The Morgan fingerprint density at radius 1 is 0.886 bits per heavy atom. The molecule has 2 aromatic heterocycles. The molecule has 174 valence electrons. The number of para-hydroxylation sites is 1. The Morgan fingerprint density at radius 3 is 2.40 bits per heavy atom. The monoisotopic (exact) mass is 463 g/mol. The van der Waals surface area contributed by atoms with Gasteiger partial charge in [0.05, 0.1) is 12.2 Å². The molecule has 0 saturated carbocycles. The van der Waals surface area contributed by atoms with Crippen LogP contribution in [0.3, 0.4) is 0 Å². The molecule has 5 aromatic rings. The van der Waals surface area contributed by atoms with E-state index >= 15 is 0 Å². The van der Waals surface area contributed by atoms with Crippen LogP contribution in [-0.2, 0) is 17.9 Å². The van der Waals surface area contributed by atoms with Crippen LogP contribution in [0.1, 0.15) is 34.7 Å². The van der Waals surface area contributed by atoms with Crippen LogP contribution in [0.2, 0.25) is 0 Å². The molecule has 0 radical (unpaired) electrons. The molecular formula is C30H26FN3O. The molecule has 0 unspecified atom stereocenters. The molecule has 0 aliphatic heterocycles. The minimum Gasteiger partial charge on any atom is -0.350 e. The fourth-order valence-corrected chi connectivity index (χ4v) is 4.52. The molecule has 0 bridgehead atoms. The Bertz CT molecular complexity index is 1410. The van der Waals surface area contributed by atoms with Gasteiger partial charge in [0, 0.05) is 42.2 Å². The largest absolute Gasteiger partial charge is 0.350 e. The lowest BCUT2D eigenvalue weighted by atomic mass is 9.88. The molecule has 5 heteroatoms. The number of hydrogen-bond donors (Lipinski definition) is 1. The number of halogens is 1. The predicted molar refractivity (Wildman–Crippen MR) is 136 cm³/mol. The lowest BCUT2D eigenvalue weighted by molar-refractivity contribution is -0.121. The van der Waals surface area contributed by atoms with Crippen molar-refractivity contribution in [3.8, 4) is 0 Å². The summed E-state index contributed by atoms with van der Waals surface area (Å²) in [6.07, 6.45) is 4.10. The molecule has 2 heterocycles. The van der Waals surface area contributed by atoms with Gasteiger partial charge in [0.2, 0.25) is 5.91 Å². The van der Waals surface area contributed by atoms with Crippen LogP contribution in [0.25, 0.3) is 10.9 Å². The Kier molecular flexibility index (Phi) is 6.66. The first-order valence-electron chi connectivity index (χ1n) is 11.7. The highest BCUT2D eigenvalue weighted by atomic mass is 19.1. The molecule has 1 amide bonds. The van der Waals surface area contributed by atoms with Crippen molar-refractivity contribution in [1.29, 1.82) is 0 Å². The topological polar surface area (TPSA) is 46.9 Å². The van der Waals surface area contributed by atoms with E-state index in [2.05, 4.69) is 45.3 Å². The van der Waals surface area contributed by atoms with Gasteiger partial charge in [-0.25, -0.2) is 4.39 Å². The first-order valence-corrected chi connectivity index (χ1v) is 11.7. The van der Waals surface area contributed by atoms with Crippen LogP contribution in [0.15, 0.2) is 109 Å². The van der Waals surface area contributed by atoms with E-state index in [9.17, 15) is 9.18 Å². The summed E-state index contributed by atoms with van der Waals surface area (Å²) in [6, 6.07) is 30.6. The average Bonchev–Trinajstić information content (AvgIpc) is 3.26. The van der Waals surface area contributed by atoms with Crippen molar-refractivity contribution in [2.45, 2.75) is 25.4 Å². The molecule has 5 rings (SSSR count). The molecule has 1 atom stereocenters. The maximum Gasteiger partial charge on any atom is 0.221 e. The van der Waals surface area contributed by atoms with Gasteiger partial charge in [-0.1, -0.05) is 66.7 Å². The molecule has 0 fully saturated rings. The standard InChI is InChI=1S/C30H26FN3O/c31-24-15-13-23(14-16-24)27(18-30(35)33-19-25-10-6-7-17-32-25)28-21-34(20-22-8-2-1-3-9-22)29-12-5-4-11-26(28)29/h1-17,21,27H,18-20H2,(H,33,35)/t27-/m0/s1. The lowest BCUT2D eigenvalue weighted by Gasteiger charge is -2.17. The summed E-state index contributed by atoms with van der Waals surface area (Å²) in [6.45, 7) is 1.09. The highest BCUT2D eigenvalue weighted by Crippen LogP contribution is 2.35. The highest BCUT2D eigenvalue weighted by molar-refractivity contribution is 5.86. The quantitative estimate of drug-likeness (QED) is 0.304. The van der Waals surface area contributed by atoms with Crippen LogP contribution in [-0.4, -0.2) is 15.5 Å². The number of aromatic nitrogens is 2. The minimum atomic E-state index is -0.293. The first-order chi connectivity index (χ1) is 17.2. The zero-order chi connectivity index (χ0) is 24.0. The second-order valence-corrected chi connectivity index (χ2v) is 8.62. The van der Waals surface area contributed by atoms with E-state index in [1.807, 2.05) is 48.5 Å². The fourth-order valence-electron chi connectivity index (χ4n) is 4.52. The van der Waals surface area contributed by atoms with Crippen molar-refractivity contribution in [1.82, 2.24) is 14.9 Å². The second-order valence-electron chi connectivity index (χ2n) is 8.62. The molecule has 0 aliphatic rings. The number of nitrogens with one attached hydrogen (secondary N) is 1. The summed E-state index contributed by atoms with van der Waals surface area (Å²) >= 11 is 0. The van der Waals surface area contributed by atoms with Crippen LogP contribution in [0.5, 0.6) is 0 Å². The lowest BCUT2D eigenvalue weighted by Crippen LogP contribution is -2.25. The third-order valence-corrected chi connectivity index (χ3v) is 6.25. The van der Waals surface area contributed by atoms with E-state index in [1.54, 1.807) is 18.3 Å². The summed E-state index contributed by atoms with van der Waals surface area (Å²) in [4.78, 5) is 17.3. The third-order valence-electron chi connectivity index (χ3n) is 6.25. The maximum absolute atomic E-state index is 13.7. The van der Waals surface area contributed by atoms with Crippen LogP contribution >= 0.6 is 0 Å². The predicted octanol–water partition coefficient (Wildman–Crippen LogP) is 6.06. The Morgan fingerprint density at radius 2 is 1.63 bits per heavy atom. The molecule has 35 heavy (non-hydrogen) atoms. The number of nitrogens with zero attached hydrogens (tertiary/aromatic N) is 2. The van der Waals surface area contributed by atoms with Crippen molar-refractivity contribution < 1.29 is 9.18 Å². The van der Waals surface area contributed by atoms with Gasteiger partial charge < -0.3 is 9.88 Å². The summed E-state index contributed by atoms with van der Waals surface area (Å²) in [7, 11) is 0. The minimum absolute atomic E-state index is 0.0788. The van der Waals surface area contributed by atoms with Crippen molar-refractivity contribution >= 4 is 16.8 Å². The number of hydrogen-bond acceptors (Lipinski definition) is 2. The van der Waals surface area contributed by atoms with E-state index in [4.69, 9.17) is 0 Å². The van der Waals surface area contributed by atoms with Crippen molar-refractivity contribution in [3.63, 3.8) is 0 Å². The molecule has 0 spiro atoms. The van der Waals surface area contributed by atoms with Crippen LogP contribution in [0, 0.1) is 5.82 Å². The van der Waals surface area contributed by atoms with E-state index in [0.29, 0.717) is 6.54 Å². The number of carbonyl (C=O) groups excluding carboxylic acids is 1. The highest BCUT2D eigenvalue weighted by Gasteiger charge is 2.23. The van der Waals surface area contributed by atoms with Crippen molar-refractivity contribution in [3.05, 3.63) is 138 Å². The smallest absolute Gasteiger partial charge is 0.221 e. The number of amides is 1. The van der Waals surface area contributed by atoms with Crippen LogP contribution in [0.4, 0.5) is 4.39 Å². The number of carbonyl (C=O) groups is 1. The maximum atomic E-state index is 13.7. The van der Waals surface area contributed by atoms with Gasteiger partial charge in [-0.15, -0.1) is 0 Å². The number of benzene rings is 3. The summed E-state index contributed by atoms with van der Waals surface area (Å²) < 4.78 is 16.0. The van der Waals surface area contributed by atoms with Gasteiger partial charge >= 0.3 is 0 Å². The Balaban J connectivity index is 1.49. The molecular weight excluding hydrogens is 437 g/mol. The van der Waals surface area contributed by atoms with Gasteiger partial charge in [0.25, 0.3) is 0 Å². The van der Waals surface area contributed by atoms with Crippen molar-refractivity contribution in [2.75, 3.05) is 0 Å². The molecule has 3 aromatic carbocycles. The Labute approximate surface area is 204 Å². The van der Waals surface area contributed by atoms with E-state index in [0.717, 1.165) is 34.3 Å². The zero-order valence-electron chi connectivity index (χ0n) is 19.3. The Hall–Kier alpha value is -4.25. The van der Waals surface area contributed by atoms with Crippen LogP contribution < -0.4 is 5.32 Å². The number of pyridine rings is 1. The average molecular weight is 464 g/mol. The SMILES string of the molecule is O=C(C[C@@H](c1ccc(F)cc1)c1cn(Cc2ccccc2)c2ccccc12)NCc1ccccn1. The third kappa shape index (κ3) is 5.30. The number of rotatable bonds is 8. The fraction of sp³-hybridized carbons (Fsp3) is 0.133. The van der Waals surface area contributed by atoms with E-state index in [-0.39, 0.29) is 24.1 Å². The number of fused-ring (bicyclic) bond motifs is 1. The first kappa shape index (κ1) is 22.5. The molecule has 0 saturated heterocycles. The molecule has 4 nitrogen and oxygen atoms in total. The van der Waals surface area contributed by atoms with Gasteiger partial charge in [0.15, 0.2) is 0 Å².